The Morgan fingerprint density at radius 3 is 2.80 bits per heavy atom. The first-order valence-electron chi connectivity index (χ1n) is 9.56. The first-order valence-corrected chi connectivity index (χ1v) is 11.4. The highest BCUT2D eigenvalue weighted by molar-refractivity contribution is 7.88. The van der Waals surface area contributed by atoms with Gasteiger partial charge in [-0.2, -0.15) is 0 Å². The first-order chi connectivity index (χ1) is 14.1. The van der Waals surface area contributed by atoms with E-state index in [-0.39, 0.29) is 43.0 Å². The van der Waals surface area contributed by atoms with Gasteiger partial charge in [0.2, 0.25) is 15.9 Å². The summed E-state index contributed by atoms with van der Waals surface area (Å²) < 4.78 is 35.9. The lowest BCUT2D eigenvalue weighted by atomic mass is 10.0. The summed E-state index contributed by atoms with van der Waals surface area (Å²) in [6.45, 7) is 4.06. The SMILES string of the molecule is COCC#Cc1cnc2c(c1)C(=O)N([C@@H](C)CO)C[C@H](C)[C@@H](CN(C)S(C)(=O)=O)O2. The minimum absolute atomic E-state index is 0.103. The van der Waals surface area contributed by atoms with E-state index in [0.29, 0.717) is 12.1 Å². The van der Waals surface area contributed by atoms with Crippen molar-refractivity contribution < 1.29 is 27.8 Å². The van der Waals surface area contributed by atoms with Crippen LogP contribution in [0.5, 0.6) is 5.88 Å². The molecular formula is C20H29N3O6S. The third-order valence-electron chi connectivity index (χ3n) is 4.97. The van der Waals surface area contributed by atoms with Crippen LogP contribution >= 0.6 is 0 Å². The van der Waals surface area contributed by atoms with E-state index in [1.54, 1.807) is 17.9 Å². The number of fused-ring (bicyclic) bond motifs is 1. The fourth-order valence-corrected chi connectivity index (χ4v) is 3.41. The van der Waals surface area contributed by atoms with Crippen molar-refractivity contribution in [3.05, 3.63) is 23.4 Å². The van der Waals surface area contributed by atoms with Crippen molar-refractivity contribution >= 4 is 15.9 Å². The molecule has 0 aliphatic carbocycles. The van der Waals surface area contributed by atoms with Crippen LogP contribution < -0.4 is 4.74 Å². The van der Waals surface area contributed by atoms with E-state index < -0.39 is 22.2 Å². The Balaban J connectivity index is 2.49. The average Bonchev–Trinajstić information content (AvgIpc) is 2.69. The number of aliphatic hydroxyl groups excluding tert-OH is 1. The number of likely N-dealkylation sites (N-methyl/N-ethyl adjacent to an activating group) is 1. The molecule has 2 rings (SSSR count). The minimum atomic E-state index is -3.41. The Hall–Kier alpha value is -2.19. The number of ether oxygens (including phenoxy) is 2. The molecule has 0 saturated carbocycles. The van der Waals surface area contributed by atoms with Crippen molar-refractivity contribution in [3.8, 4) is 17.7 Å². The number of methoxy groups -OCH3 is 1. The lowest BCUT2D eigenvalue weighted by Crippen LogP contribution is -2.50. The van der Waals surface area contributed by atoms with E-state index in [1.807, 2.05) is 6.92 Å². The molecule has 3 atom stereocenters. The summed E-state index contributed by atoms with van der Waals surface area (Å²) in [7, 11) is -0.393. The van der Waals surface area contributed by atoms with Gasteiger partial charge in [0.1, 0.15) is 18.3 Å². The van der Waals surface area contributed by atoms with Gasteiger partial charge in [0.05, 0.1) is 25.4 Å². The quantitative estimate of drug-likeness (QED) is 0.630. The molecule has 9 nitrogen and oxygen atoms in total. The van der Waals surface area contributed by atoms with Crippen LogP contribution in [-0.2, 0) is 14.8 Å². The molecule has 0 aromatic carbocycles. The maximum absolute atomic E-state index is 13.2. The van der Waals surface area contributed by atoms with E-state index in [2.05, 4.69) is 16.8 Å². The molecule has 0 radical (unpaired) electrons. The van der Waals surface area contributed by atoms with Crippen LogP contribution in [-0.4, -0.2) is 92.5 Å². The predicted octanol–water partition coefficient (Wildman–Crippen LogP) is 0.191. The van der Waals surface area contributed by atoms with Crippen LogP contribution in [0.1, 0.15) is 29.8 Å². The predicted molar refractivity (Wildman–Crippen MR) is 112 cm³/mol. The number of pyridine rings is 1. The summed E-state index contributed by atoms with van der Waals surface area (Å²) >= 11 is 0. The number of hydrogen-bond acceptors (Lipinski definition) is 7. The van der Waals surface area contributed by atoms with Crippen molar-refractivity contribution in [2.45, 2.75) is 26.0 Å². The molecule has 1 amide bonds. The maximum Gasteiger partial charge on any atom is 0.259 e. The summed E-state index contributed by atoms with van der Waals surface area (Å²) in [4.78, 5) is 19.1. The normalized spacial score (nSPS) is 20.5. The second-order valence-electron chi connectivity index (χ2n) is 7.48. The molecule has 166 valence electrons. The van der Waals surface area contributed by atoms with E-state index in [1.165, 1.54) is 24.7 Å². The molecule has 30 heavy (non-hydrogen) atoms. The number of aliphatic hydroxyl groups is 1. The smallest absolute Gasteiger partial charge is 0.259 e. The van der Waals surface area contributed by atoms with Crippen LogP contribution in [0.25, 0.3) is 0 Å². The van der Waals surface area contributed by atoms with Crippen molar-refractivity contribution in [2.75, 3.05) is 46.7 Å². The molecule has 1 aliphatic rings. The van der Waals surface area contributed by atoms with Gasteiger partial charge < -0.3 is 19.5 Å². The van der Waals surface area contributed by atoms with Crippen LogP contribution in [0.2, 0.25) is 0 Å². The van der Waals surface area contributed by atoms with E-state index in [0.717, 1.165) is 6.26 Å². The summed E-state index contributed by atoms with van der Waals surface area (Å²) in [5.74, 6) is 5.28. The molecule has 0 unspecified atom stereocenters. The molecule has 0 spiro atoms. The summed E-state index contributed by atoms with van der Waals surface area (Å²) in [5, 5.41) is 9.65. The molecule has 1 aromatic rings. The van der Waals surface area contributed by atoms with Gasteiger partial charge in [-0.3, -0.25) is 4.79 Å². The molecule has 1 N–H and O–H groups in total. The van der Waals surface area contributed by atoms with Gasteiger partial charge in [0.25, 0.3) is 5.91 Å². The van der Waals surface area contributed by atoms with Crippen LogP contribution in [0.15, 0.2) is 12.3 Å². The highest BCUT2D eigenvalue weighted by Gasteiger charge is 2.35. The maximum atomic E-state index is 13.2. The van der Waals surface area contributed by atoms with Gasteiger partial charge in [-0.05, 0) is 13.0 Å². The van der Waals surface area contributed by atoms with E-state index in [9.17, 15) is 18.3 Å². The van der Waals surface area contributed by atoms with Gasteiger partial charge in [-0.15, -0.1) is 0 Å². The van der Waals surface area contributed by atoms with E-state index >= 15 is 0 Å². The van der Waals surface area contributed by atoms with Gasteiger partial charge >= 0.3 is 0 Å². The Bertz CT molecular complexity index is 924. The van der Waals surface area contributed by atoms with Gasteiger partial charge in [-0.25, -0.2) is 17.7 Å². The molecule has 1 aliphatic heterocycles. The third kappa shape index (κ3) is 5.92. The first kappa shape index (κ1) is 24.1. The highest BCUT2D eigenvalue weighted by atomic mass is 32.2. The lowest BCUT2D eigenvalue weighted by Gasteiger charge is -2.37. The zero-order valence-electron chi connectivity index (χ0n) is 18.0. The molecule has 1 aromatic heterocycles. The summed E-state index contributed by atoms with van der Waals surface area (Å²) in [6.07, 6.45) is 2.09. The second-order valence-corrected chi connectivity index (χ2v) is 9.57. The zero-order chi connectivity index (χ0) is 22.5. The van der Waals surface area contributed by atoms with Crippen molar-refractivity contribution in [2.24, 2.45) is 5.92 Å². The third-order valence-corrected chi connectivity index (χ3v) is 6.25. The van der Waals surface area contributed by atoms with E-state index in [4.69, 9.17) is 9.47 Å². The number of amides is 1. The minimum Gasteiger partial charge on any atom is -0.472 e. The Kier molecular flexibility index (Phi) is 8.20. The number of carbonyl (C=O) groups is 1. The Labute approximate surface area is 178 Å². The standard InChI is InChI=1S/C20H29N3O6S/c1-14-11-23(15(2)13-24)20(25)17-9-16(7-6-8-28-4)10-21-19(17)29-18(14)12-22(3)30(5,26)27/h9-10,14-15,18,24H,8,11-13H2,1-5H3/t14-,15-,18+/m0/s1. The second kappa shape index (κ2) is 10.2. The van der Waals surface area contributed by atoms with Gasteiger partial charge in [0, 0.05) is 38.4 Å². The number of aromatic nitrogens is 1. The fraction of sp³-hybridized carbons (Fsp3) is 0.600. The van der Waals surface area contributed by atoms with Gasteiger partial charge in [-0.1, -0.05) is 18.8 Å². The molecular weight excluding hydrogens is 410 g/mol. The Morgan fingerprint density at radius 1 is 1.50 bits per heavy atom. The average molecular weight is 440 g/mol. The topological polar surface area (TPSA) is 109 Å². The lowest BCUT2D eigenvalue weighted by molar-refractivity contribution is 0.0373. The molecule has 10 heteroatoms. The van der Waals surface area contributed by atoms with Crippen molar-refractivity contribution in [1.29, 1.82) is 0 Å². The molecule has 0 fully saturated rings. The Morgan fingerprint density at radius 2 is 2.20 bits per heavy atom. The van der Waals surface area contributed by atoms with Gasteiger partial charge in [0.15, 0.2) is 0 Å². The number of hydrogen-bond donors (Lipinski definition) is 1. The molecule has 0 bridgehead atoms. The van der Waals surface area contributed by atoms with Crippen LogP contribution in [0.3, 0.4) is 0 Å². The number of nitrogens with zero attached hydrogens (tertiary/aromatic N) is 3. The zero-order valence-corrected chi connectivity index (χ0v) is 18.8. The fourth-order valence-electron chi connectivity index (χ4n) is 2.99. The monoisotopic (exact) mass is 439 g/mol. The number of rotatable bonds is 6. The van der Waals surface area contributed by atoms with Crippen LogP contribution in [0.4, 0.5) is 0 Å². The summed E-state index contributed by atoms with van der Waals surface area (Å²) in [6, 6.07) is 1.17. The van der Waals surface area contributed by atoms with Crippen molar-refractivity contribution in [3.63, 3.8) is 0 Å². The largest absolute Gasteiger partial charge is 0.472 e. The summed E-state index contributed by atoms with van der Waals surface area (Å²) in [5.41, 5.74) is 0.746. The molecule has 0 saturated heterocycles. The highest BCUT2D eigenvalue weighted by Crippen LogP contribution is 2.27. The number of carbonyl (C=O) groups excluding carboxylic acids is 1. The van der Waals surface area contributed by atoms with Crippen molar-refractivity contribution in [1.82, 2.24) is 14.2 Å². The molecule has 2 heterocycles. The number of sulfonamides is 1. The van der Waals surface area contributed by atoms with Crippen LogP contribution in [0, 0.1) is 17.8 Å².